The van der Waals surface area contributed by atoms with Gasteiger partial charge in [-0.15, -0.1) is 11.8 Å². The van der Waals surface area contributed by atoms with Crippen molar-refractivity contribution in [3.05, 3.63) is 54.1 Å². The number of carbonyl (C=O) groups excluding carboxylic acids is 2. The Balaban J connectivity index is 1.22. The summed E-state index contributed by atoms with van der Waals surface area (Å²) in [6, 6.07) is 15.9. The zero-order valence-electron chi connectivity index (χ0n) is 17.7. The number of hydrogen-bond acceptors (Lipinski definition) is 5. The van der Waals surface area contributed by atoms with Gasteiger partial charge in [0.25, 0.3) is 0 Å². The van der Waals surface area contributed by atoms with E-state index in [2.05, 4.69) is 22.3 Å². The first kappa shape index (κ1) is 21.9. The SMILES string of the molecule is O=C(CCC(=O)N1CCSc2ccccc21)Nc1ccc(CCN2CCOCC2)cc1. The minimum Gasteiger partial charge on any atom is -0.379 e. The first-order valence-electron chi connectivity index (χ1n) is 10.9. The molecule has 6 nitrogen and oxygen atoms in total. The van der Waals surface area contributed by atoms with Gasteiger partial charge in [-0.1, -0.05) is 24.3 Å². The minimum absolute atomic E-state index is 0.00126. The standard InChI is InChI=1S/C24H29N3O3S/c28-23(9-10-24(29)27-15-18-31-22-4-2-1-3-21(22)27)25-20-7-5-19(6-8-20)11-12-26-13-16-30-17-14-26/h1-8H,9-18H2,(H,25,28). The van der Waals surface area contributed by atoms with E-state index in [1.54, 1.807) is 11.8 Å². The predicted molar refractivity (Wildman–Crippen MR) is 125 cm³/mol. The lowest BCUT2D eigenvalue weighted by molar-refractivity contribution is -0.122. The van der Waals surface area contributed by atoms with Crippen molar-refractivity contribution in [3.8, 4) is 0 Å². The van der Waals surface area contributed by atoms with Crippen LogP contribution in [0.1, 0.15) is 18.4 Å². The number of rotatable bonds is 7. The number of morpholine rings is 1. The smallest absolute Gasteiger partial charge is 0.227 e. The third-order valence-electron chi connectivity index (χ3n) is 5.65. The van der Waals surface area contributed by atoms with Crippen LogP contribution in [0.25, 0.3) is 0 Å². The molecule has 0 radical (unpaired) electrons. The molecule has 0 aliphatic carbocycles. The van der Waals surface area contributed by atoms with E-state index in [1.807, 2.05) is 41.3 Å². The number of thioether (sulfide) groups is 1. The molecule has 1 saturated heterocycles. The monoisotopic (exact) mass is 439 g/mol. The van der Waals surface area contributed by atoms with Crippen LogP contribution in [0.4, 0.5) is 11.4 Å². The maximum absolute atomic E-state index is 12.7. The largest absolute Gasteiger partial charge is 0.379 e. The highest BCUT2D eigenvalue weighted by Crippen LogP contribution is 2.34. The predicted octanol–water partition coefficient (Wildman–Crippen LogP) is 3.42. The zero-order valence-corrected chi connectivity index (χ0v) is 18.5. The van der Waals surface area contributed by atoms with Crippen molar-refractivity contribution in [2.24, 2.45) is 0 Å². The number of nitrogens with zero attached hydrogens (tertiary/aromatic N) is 2. The second kappa shape index (κ2) is 10.8. The Hall–Kier alpha value is -2.35. The van der Waals surface area contributed by atoms with Gasteiger partial charge in [0.15, 0.2) is 0 Å². The summed E-state index contributed by atoms with van der Waals surface area (Å²) in [5.74, 6) is 0.753. The van der Waals surface area contributed by atoms with Crippen LogP contribution in [-0.2, 0) is 20.7 Å². The number of ether oxygens (including phenoxy) is 1. The first-order valence-corrected chi connectivity index (χ1v) is 11.9. The van der Waals surface area contributed by atoms with E-state index in [1.165, 1.54) is 5.56 Å². The first-order chi connectivity index (χ1) is 15.2. The molecular formula is C24H29N3O3S. The van der Waals surface area contributed by atoms with E-state index in [-0.39, 0.29) is 24.7 Å². The summed E-state index contributed by atoms with van der Waals surface area (Å²) in [6.45, 7) is 5.33. The van der Waals surface area contributed by atoms with Crippen molar-refractivity contribution >= 4 is 35.0 Å². The van der Waals surface area contributed by atoms with Crippen molar-refractivity contribution in [1.82, 2.24) is 4.90 Å². The fourth-order valence-corrected chi connectivity index (χ4v) is 4.87. The second-order valence-corrected chi connectivity index (χ2v) is 8.95. The second-order valence-electron chi connectivity index (χ2n) is 7.81. The molecule has 2 aliphatic heterocycles. The van der Waals surface area contributed by atoms with Gasteiger partial charge in [-0.05, 0) is 36.2 Å². The van der Waals surface area contributed by atoms with Crippen LogP contribution >= 0.6 is 11.8 Å². The molecule has 2 aliphatic rings. The quantitative estimate of drug-likeness (QED) is 0.716. The molecule has 1 N–H and O–H groups in total. The van der Waals surface area contributed by atoms with Crippen LogP contribution in [0, 0.1) is 0 Å². The van der Waals surface area contributed by atoms with Gasteiger partial charge < -0.3 is 15.0 Å². The van der Waals surface area contributed by atoms with Crippen LogP contribution in [0.3, 0.4) is 0 Å². The van der Waals surface area contributed by atoms with Gasteiger partial charge in [0.1, 0.15) is 0 Å². The number of carbonyl (C=O) groups is 2. The zero-order chi connectivity index (χ0) is 21.5. The Morgan fingerprint density at radius 1 is 0.968 bits per heavy atom. The van der Waals surface area contributed by atoms with Crippen molar-refractivity contribution in [2.75, 3.05) is 55.4 Å². The lowest BCUT2D eigenvalue weighted by Crippen LogP contribution is -2.37. The van der Waals surface area contributed by atoms with Gasteiger partial charge >= 0.3 is 0 Å². The topological polar surface area (TPSA) is 61.9 Å². The molecule has 2 aromatic carbocycles. The summed E-state index contributed by atoms with van der Waals surface area (Å²) in [4.78, 5) is 30.4. The molecule has 2 aromatic rings. The number of anilines is 2. The summed E-state index contributed by atoms with van der Waals surface area (Å²) in [5.41, 5.74) is 2.98. The fourth-order valence-electron chi connectivity index (χ4n) is 3.87. The average molecular weight is 440 g/mol. The lowest BCUT2D eigenvalue weighted by atomic mass is 10.1. The molecular weight excluding hydrogens is 410 g/mol. The van der Waals surface area contributed by atoms with Gasteiger partial charge in [0.05, 0.1) is 18.9 Å². The Morgan fingerprint density at radius 2 is 1.74 bits per heavy atom. The molecule has 164 valence electrons. The van der Waals surface area contributed by atoms with E-state index >= 15 is 0 Å². The summed E-state index contributed by atoms with van der Waals surface area (Å²) in [6.07, 6.45) is 1.38. The molecule has 0 aromatic heterocycles. The van der Waals surface area contributed by atoms with Gasteiger partial charge in [-0.3, -0.25) is 14.5 Å². The van der Waals surface area contributed by atoms with E-state index in [9.17, 15) is 9.59 Å². The summed E-state index contributed by atoms with van der Waals surface area (Å²) >= 11 is 1.77. The highest BCUT2D eigenvalue weighted by molar-refractivity contribution is 7.99. The summed E-state index contributed by atoms with van der Waals surface area (Å²) in [5, 5.41) is 2.91. The van der Waals surface area contributed by atoms with E-state index in [4.69, 9.17) is 4.74 Å². The molecule has 2 heterocycles. The van der Waals surface area contributed by atoms with E-state index in [0.29, 0.717) is 6.54 Å². The van der Waals surface area contributed by atoms with Gasteiger partial charge in [0.2, 0.25) is 11.8 Å². The Morgan fingerprint density at radius 3 is 2.55 bits per heavy atom. The fraction of sp³-hybridized carbons (Fsp3) is 0.417. The number of hydrogen-bond donors (Lipinski definition) is 1. The lowest BCUT2D eigenvalue weighted by Gasteiger charge is -2.29. The van der Waals surface area contributed by atoms with Gasteiger partial charge in [-0.2, -0.15) is 0 Å². The molecule has 0 atom stereocenters. The number of fused-ring (bicyclic) bond motifs is 1. The molecule has 2 amide bonds. The molecule has 1 fully saturated rings. The minimum atomic E-state index is -0.130. The Labute approximate surface area is 187 Å². The van der Waals surface area contributed by atoms with Crippen LogP contribution in [-0.4, -0.2) is 61.9 Å². The van der Waals surface area contributed by atoms with Crippen LogP contribution in [0.2, 0.25) is 0 Å². The summed E-state index contributed by atoms with van der Waals surface area (Å²) in [7, 11) is 0. The third kappa shape index (κ3) is 6.09. The molecule has 0 spiro atoms. The number of amides is 2. The van der Waals surface area contributed by atoms with Crippen molar-refractivity contribution in [1.29, 1.82) is 0 Å². The van der Waals surface area contributed by atoms with Crippen LogP contribution in [0.5, 0.6) is 0 Å². The highest BCUT2D eigenvalue weighted by Gasteiger charge is 2.22. The maximum atomic E-state index is 12.7. The third-order valence-corrected chi connectivity index (χ3v) is 6.70. The van der Waals surface area contributed by atoms with Crippen molar-refractivity contribution in [2.45, 2.75) is 24.2 Å². The molecule has 0 unspecified atom stereocenters. The molecule has 7 heteroatoms. The maximum Gasteiger partial charge on any atom is 0.227 e. The van der Waals surface area contributed by atoms with Gasteiger partial charge in [-0.25, -0.2) is 0 Å². The molecule has 0 saturated carbocycles. The number of nitrogens with one attached hydrogen (secondary N) is 1. The van der Waals surface area contributed by atoms with Gasteiger partial charge in [0, 0.05) is 55.4 Å². The Kier molecular flexibility index (Phi) is 7.61. The van der Waals surface area contributed by atoms with E-state index in [0.717, 1.165) is 61.3 Å². The van der Waals surface area contributed by atoms with Crippen LogP contribution in [0.15, 0.2) is 53.4 Å². The Bertz CT molecular complexity index is 897. The van der Waals surface area contributed by atoms with Crippen molar-refractivity contribution in [3.63, 3.8) is 0 Å². The molecule has 4 rings (SSSR count). The van der Waals surface area contributed by atoms with Crippen LogP contribution < -0.4 is 10.2 Å². The molecule has 0 bridgehead atoms. The van der Waals surface area contributed by atoms with E-state index < -0.39 is 0 Å². The number of para-hydroxylation sites is 1. The highest BCUT2D eigenvalue weighted by atomic mass is 32.2. The average Bonchev–Trinajstić information content (AvgIpc) is 2.82. The molecule has 31 heavy (non-hydrogen) atoms. The summed E-state index contributed by atoms with van der Waals surface area (Å²) < 4.78 is 5.38. The number of benzene rings is 2. The normalized spacial score (nSPS) is 16.6. The van der Waals surface area contributed by atoms with Crippen molar-refractivity contribution < 1.29 is 14.3 Å².